The normalized spacial score (nSPS) is 16.8. The number of urea groups is 1. The molecule has 4 rings (SSSR count). The van der Waals surface area contributed by atoms with Crippen molar-refractivity contribution in [1.82, 2.24) is 25.8 Å². The van der Waals surface area contributed by atoms with Gasteiger partial charge in [-0.1, -0.05) is 26.0 Å². The molecule has 1 aliphatic heterocycles. The number of pyridine rings is 1. The van der Waals surface area contributed by atoms with Gasteiger partial charge in [0.1, 0.15) is 6.61 Å². The number of nitrogens with two attached hydrogens (primary N) is 1. The van der Waals surface area contributed by atoms with Crippen LogP contribution < -0.4 is 32.3 Å². The first-order chi connectivity index (χ1) is 33.7. The lowest BCUT2D eigenvalue weighted by atomic mass is 9.78. The number of amides is 8. The maximum absolute atomic E-state index is 13.7. The molecule has 2 heterocycles. The molecule has 7 N–H and O–H groups in total. The number of benzene rings is 1. The van der Waals surface area contributed by atoms with Crippen LogP contribution in [0.15, 0.2) is 60.9 Å². The highest BCUT2D eigenvalue weighted by Crippen LogP contribution is 2.32. The van der Waals surface area contributed by atoms with Crippen LogP contribution in [0, 0.1) is 23.7 Å². The lowest BCUT2D eigenvalue weighted by Crippen LogP contribution is -2.45. The summed E-state index contributed by atoms with van der Waals surface area (Å²) in [6, 6.07) is 8.56. The lowest BCUT2D eigenvalue weighted by Gasteiger charge is -2.31. The minimum atomic E-state index is -0.859. The molecule has 1 saturated carbocycles. The molecular weight excluding hydrogens is 909 g/mol. The number of imide groups is 1. The van der Waals surface area contributed by atoms with Gasteiger partial charge in [0.2, 0.25) is 17.7 Å². The zero-order valence-corrected chi connectivity index (χ0v) is 40.5. The molecule has 1 aromatic carbocycles. The van der Waals surface area contributed by atoms with Crippen LogP contribution in [-0.4, -0.2) is 135 Å². The Morgan fingerprint density at radius 1 is 0.743 bits per heavy atom. The fourth-order valence-electron chi connectivity index (χ4n) is 7.84. The Morgan fingerprint density at radius 2 is 1.33 bits per heavy atom. The van der Waals surface area contributed by atoms with Crippen molar-refractivity contribution in [3.63, 3.8) is 0 Å². The van der Waals surface area contributed by atoms with Gasteiger partial charge in [-0.15, -0.1) is 0 Å². The van der Waals surface area contributed by atoms with Gasteiger partial charge in [0.05, 0.1) is 65.4 Å². The second-order valence-corrected chi connectivity index (χ2v) is 17.5. The van der Waals surface area contributed by atoms with E-state index in [1.165, 1.54) is 12.2 Å². The van der Waals surface area contributed by atoms with E-state index in [1.54, 1.807) is 62.6 Å². The van der Waals surface area contributed by atoms with Crippen molar-refractivity contribution in [3.8, 4) is 0 Å². The summed E-state index contributed by atoms with van der Waals surface area (Å²) in [6.45, 7) is 7.99. The molecule has 2 aliphatic rings. The largest absolute Gasteiger partial charge is 0.445 e. The summed E-state index contributed by atoms with van der Waals surface area (Å²) in [4.78, 5) is 105. The minimum absolute atomic E-state index is 0.00177. The fourth-order valence-corrected chi connectivity index (χ4v) is 7.84. The minimum Gasteiger partial charge on any atom is -0.445 e. The number of carbonyl (C=O) groups excluding carboxylic acids is 8. The number of nitrogens with zero attached hydrogens (tertiary/aromatic N) is 2. The third kappa shape index (κ3) is 21.1. The van der Waals surface area contributed by atoms with Crippen LogP contribution in [0.5, 0.6) is 0 Å². The third-order valence-electron chi connectivity index (χ3n) is 11.9. The Kier molecular flexibility index (Phi) is 25.0. The second-order valence-electron chi connectivity index (χ2n) is 17.5. The summed E-state index contributed by atoms with van der Waals surface area (Å²) in [7, 11) is 0. The number of ether oxygens (including phenoxy) is 5. The molecular formula is C49H70N8O13. The number of alkyl carbamates (subject to hydrolysis) is 1. The molecule has 0 unspecified atom stereocenters. The maximum atomic E-state index is 13.7. The number of anilines is 2. The summed E-state index contributed by atoms with van der Waals surface area (Å²) in [5.74, 6) is -2.79. The Morgan fingerprint density at radius 3 is 1.93 bits per heavy atom. The van der Waals surface area contributed by atoms with E-state index in [4.69, 9.17) is 29.4 Å². The molecule has 2 aromatic rings. The highest BCUT2D eigenvalue weighted by Gasteiger charge is 2.31. The predicted octanol–water partition coefficient (Wildman–Crippen LogP) is 3.63. The summed E-state index contributed by atoms with van der Waals surface area (Å²) in [5, 5.41) is 14.0. The molecule has 0 spiro atoms. The first kappa shape index (κ1) is 56.3. The van der Waals surface area contributed by atoms with E-state index >= 15 is 0 Å². The lowest BCUT2D eigenvalue weighted by molar-refractivity contribution is -0.137. The SMILES string of the molecule is CC(C)[C@H](NC(=O)CCOCCOCCOCCOCCN1C(=O)C=CC1=O)C(=O)C[C@@H](CCCNC(N)=O)C(=O)Nc1ccc(COC(=O)N[C@H](C)C2CCC(C(=O)Nc3ccncc3)CC2)cc1. The van der Waals surface area contributed by atoms with Gasteiger partial charge < -0.3 is 56.0 Å². The Hall–Kier alpha value is -6.29. The van der Waals surface area contributed by atoms with Crippen LogP contribution in [0.3, 0.4) is 0 Å². The highest BCUT2D eigenvalue weighted by atomic mass is 16.6. The van der Waals surface area contributed by atoms with Crippen molar-refractivity contribution in [2.45, 2.75) is 90.8 Å². The number of aromatic nitrogens is 1. The van der Waals surface area contributed by atoms with Crippen molar-refractivity contribution in [2.75, 3.05) is 76.6 Å². The van der Waals surface area contributed by atoms with Crippen LogP contribution in [-0.2, 0) is 59.1 Å². The molecule has 8 amide bonds. The van der Waals surface area contributed by atoms with Crippen molar-refractivity contribution >= 4 is 58.8 Å². The molecule has 0 bridgehead atoms. The molecule has 0 radical (unpaired) electrons. The maximum Gasteiger partial charge on any atom is 0.407 e. The van der Waals surface area contributed by atoms with E-state index in [2.05, 4.69) is 31.6 Å². The van der Waals surface area contributed by atoms with Gasteiger partial charge in [-0.05, 0) is 87.1 Å². The van der Waals surface area contributed by atoms with Crippen molar-refractivity contribution in [3.05, 3.63) is 66.5 Å². The van der Waals surface area contributed by atoms with E-state index < -0.39 is 30.0 Å². The molecule has 384 valence electrons. The molecule has 21 nitrogen and oxygen atoms in total. The summed E-state index contributed by atoms with van der Waals surface area (Å²) in [5.41, 5.74) is 7.07. The van der Waals surface area contributed by atoms with Gasteiger partial charge in [-0.3, -0.25) is 38.7 Å². The van der Waals surface area contributed by atoms with Crippen molar-refractivity contribution < 1.29 is 62.0 Å². The number of nitrogens with one attached hydrogen (secondary N) is 5. The third-order valence-corrected chi connectivity index (χ3v) is 11.9. The van der Waals surface area contributed by atoms with E-state index in [9.17, 15) is 38.4 Å². The molecule has 1 aliphatic carbocycles. The van der Waals surface area contributed by atoms with Crippen LogP contribution in [0.2, 0.25) is 0 Å². The van der Waals surface area contributed by atoms with Crippen molar-refractivity contribution in [1.29, 1.82) is 0 Å². The number of rotatable bonds is 32. The van der Waals surface area contributed by atoms with Crippen LogP contribution >= 0.6 is 0 Å². The highest BCUT2D eigenvalue weighted by molar-refractivity contribution is 6.12. The Balaban J connectivity index is 1.12. The van der Waals surface area contributed by atoms with Gasteiger partial charge in [0.15, 0.2) is 5.78 Å². The van der Waals surface area contributed by atoms with Gasteiger partial charge in [-0.2, -0.15) is 0 Å². The predicted molar refractivity (Wildman–Crippen MR) is 257 cm³/mol. The van der Waals surface area contributed by atoms with Crippen LogP contribution in [0.4, 0.5) is 21.0 Å². The van der Waals surface area contributed by atoms with Crippen LogP contribution in [0.25, 0.3) is 0 Å². The van der Waals surface area contributed by atoms with Gasteiger partial charge in [0, 0.05) is 73.2 Å². The zero-order valence-electron chi connectivity index (χ0n) is 40.5. The topological polar surface area (TPSA) is 285 Å². The summed E-state index contributed by atoms with van der Waals surface area (Å²) >= 11 is 0. The average molecular weight is 979 g/mol. The summed E-state index contributed by atoms with van der Waals surface area (Å²) < 4.78 is 27.3. The number of primary amides is 1. The molecule has 21 heteroatoms. The summed E-state index contributed by atoms with van der Waals surface area (Å²) in [6.07, 6.45) is 8.63. The zero-order chi connectivity index (χ0) is 50.7. The second kappa shape index (κ2) is 31.0. The van der Waals surface area contributed by atoms with Gasteiger partial charge >= 0.3 is 12.1 Å². The Labute approximate surface area is 409 Å². The van der Waals surface area contributed by atoms with E-state index in [1.807, 2.05) is 6.92 Å². The number of ketones is 1. The molecule has 0 saturated heterocycles. The van der Waals surface area contributed by atoms with E-state index in [-0.39, 0.29) is 119 Å². The average Bonchev–Trinajstić information content (AvgIpc) is 3.66. The first-order valence-electron chi connectivity index (χ1n) is 23.9. The Bertz CT molecular complexity index is 2010. The quantitative estimate of drug-likeness (QED) is 0.0451. The molecule has 70 heavy (non-hydrogen) atoms. The molecule has 1 fully saturated rings. The standard InChI is InChI=1S/C49H70N8O13/c1-33(2)45(56-42(59)18-23-66-25-27-68-29-30-69-28-26-67-24-22-57-43(60)14-15-44(57)61)41(58)31-38(5-4-19-52-48(50)64)47(63)54-39-12-6-35(7-13-39)32-70-49(65)53-34(3)36-8-10-37(11-9-36)46(62)55-40-16-20-51-21-17-40/h6-7,12-17,20-21,33-34,36-38,45H,4-5,8-11,18-19,22-32H2,1-3H3,(H,53,65)(H,54,63)(H,56,59)(H3,50,52,64)(H,51,55,62)/t34-,36?,37?,38-,45+/m1/s1. The van der Waals surface area contributed by atoms with Gasteiger partial charge in [-0.25, -0.2) is 9.59 Å². The molecule has 3 atom stereocenters. The van der Waals surface area contributed by atoms with Gasteiger partial charge in [0.25, 0.3) is 11.8 Å². The number of carbonyl (C=O) groups is 8. The number of hydrogen-bond acceptors (Lipinski definition) is 14. The van der Waals surface area contributed by atoms with Crippen molar-refractivity contribution in [2.24, 2.45) is 29.4 Å². The van der Waals surface area contributed by atoms with E-state index in [0.29, 0.717) is 49.8 Å². The smallest absolute Gasteiger partial charge is 0.407 e. The van der Waals surface area contributed by atoms with Crippen LogP contribution in [0.1, 0.15) is 77.7 Å². The fraction of sp³-hybridized carbons (Fsp3) is 0.571. The molecule has 1 aromatic heterocycles. The number of Topliss-reactive ketones (excluding diaryl/α,β-unsaturated/α-hetero) is 1. The first-order valence-corrected chi connectivity index (χ1v) is 23.9. The number of hydrogen-bond donors (Lipinski definition) is 6. The monoisotopic (exact) mass is 979 g/mol. The van der Waals surface area contributed by atoms with E-state index in [0.717, 1.165) is 30.6 Å².